The third-order valence-corrected chi connectivity index (χ3v) is 2.88. The average molecular weight is 284 g/mol. The fourth-order valence-corrected chi connectivity index (χ4v) is 1.92. The van der Waals surface area contributed by atoms with Crippen LogP contribution in [0.4, 0.5) is 0 Å². The van der Waals surface area contributed by atoms with Crippen molar-refractivity contribution in [2.75, 3.05) is 6.61 Å². The molecule has 0 aromatic heterocycles. The molecule has 0 bridgehead atoms. The van der Waals surface area contributed by atoms with Gasteiger partial charge in [-0.3, -0.25) is 9.59 Å². The maximum atomic E-state index is 11.6. The number of benzene rings is 1. The lowest BCUT2D eigenvalue weighted by molar-refractivity contribution is -0.123. The summed E-state index contributed by atoms with van der Waals surface area (Å²) >= 11 is 5.93. The van der Waals surface area contributed by atoms with Crippen LogP contribution in [0.3, 0.4) is 0 Å². The van der Waals surface area contributed by atoms with Crippen LogP contribution in [0.1, 0.15) is 37.0 Å². The van der Waals surface area contributed by atoms with E-state index in [-0.39, 0.29) is 18.6 Å². The zero-order chi connectivity index (χ0) is 14.3. The largest absolute Gasteiger partial charge is 0.482 e. The Bertz CT molecular complexity index is 448. The van der Waals surface area contributed by atoms with E-state index in [2.05, 4.69) is 12.2 Å². The van der Waals surface area contributed by atoms with Crippen LogP contribution in [0.15, 0.2) is 18.2 Å². The van der Waals surface area contributed by atoms with Crippen LogP contribution in [0.25, 0.3) is 0 Å². The summed E-state index contributed by atoms with van der Waals surface area (Å²) in [5.41, 5.74) is 0.471. The first-order chi connectivity index (χ1) is 9.06. The first kappa shape index (κ1) is 15.5. The molecule has 0 fully saturated rings. The van der Waals surface area contributed by atoms with E-state index in [4.69, 9.17) is 16.3 Å². The summed E-state index contributed by atoms with van der Waals surface area (Å²) in [6, 6.07) is 4.80. The number of rotatable bonds is 7. The summed E-state index contributed by atoms with van der Waals surface area (Å²) in [6.45, 7) is 3.93. The molecule has 1 aromatic carbocycles. The molecule has 19 heavy (non-hydrogen) atoms. The van der Waals surface area contributed by atoms with Gasteiger partial charge >= 0.3 is 0 Å². The predicted octanol–water partition coefficient (Wildman–Crippen LogP) is 2.84. The smallest absolute Gasteiger partial charge is 0.258 e. The highest BCUT2D eigenvalue weighted by molar-refractivity contribution is 6.32. The SMILES string of the molecule is CCCC(C)NC(=O)COc1ccc(C=O)cc1Cl. The average Bonchev–Trinajstić information content (AvgIpc) is 2.37. The van der Waals surface area contributed by atoms with Gasteiger partial charge in [0.05, 0.1) is 5.02 Å². The van der Waals surface area contributed by atoms with E-state index in [1.165, 1.54) is 6.07 Å². The van der Waals surface area contributed by atoms with Gasteiger partial charge in [0.2, 0.25) is 0 Å². The van der Waals surface area contributed by atoms with Crippen LogP contribution in [0.2, 0.25) is 5.02 Å². The maximum Gasteiger partial charge on any atom is 0.258 e. The molecular weight excluding hydrogens is 266 g/mol. The van der Waals surface area contributed by atoms with E-state index in [9.17, 15) is 9.59 Å². The molecule has 0 heterocycles. The Morgan fingerprint density at radius 1 is 1.53 bits per heavy atom. The third-order valence-electron chi connectivity index (χ3n) is 2.58. The molecule has 1 rings (SSSR count). The summed E-state index contributed by atoms with van der Waals surface area (Å²) in [5, 5.41) is 3.15. The zero-order valence-corrected chi connectivity index (χ0v) is 11.9. The van der Waals surface area contributed by atoms with Crippen LogP contribution in [0.5, 0.6) is 5.75 Å². The zero-order valence-electron chi connectivity index (χ0n) is 11.1. The minimum absolute atomic E-state index is 0.0891. The molecule has 4 nitrogen and oxygen atoms in total. The van der Waals surface area contributed by atoms with Gasteiger partial charge in [0, 0.05) is 11.6 Å². The summed E-state index contributed by atoms with van der Waals surface area (Å²) < 4.78 is 5.32. The Labute approximate surface area is 118 Å². The molecule has 1 amide bonds. The Morgan fingerprint density at radius 2 is 2.26 bits per heavy atom. The highest BCUT2D eigenvalue weighted by atomic mass is 35.5. The first-order valence-electron chi connectivity index (χ1n) is 6.23. The van der Waals surface area contributed by atoms with Crippen molar-refractivity contribution < 1.29 is 14.3 Å². The van der Waals surface area contributed by atoms with Gasteiger partial charge in [0.25, 0.3) is 5.91 Å². The summed E-state index contributed by atoms with van der Waals surface area (Å²) in [4.78, 5) is 22.2. The van der Waals surface area contributed by atoms with Crippen LogP contribution in [-0.2, 0) is 4.79 Å². The lowest BCUT2D eigenvalue weighted by atomic mass is 10.2. The monoisotopic (exact) mass is 283 g/mol. The van der Waals surface area contributed by atoms with E-state index >= 15 is 0 Å². The summed E-state index contributed by atoms with van der Waals surface area (Å²) in [6.07, 6.45) is 2.65. The second-order valence-corrected chi connectivity index (χ2v) is 4.76. The second kappa shape index (κ2) is 7.79. The molecule has 0 aliphatic rings. The van der Waals surface area contributed by atoms with Crippen molar-refractivity contribution >= 4 is 23.8 Å². The van der Waals surface area contributed by atoms with Crippen molar-refractivity contribution in [3.63, 3.8) is 0 Å². The van der Waals surface area contributed by atoms with Crippen molar-refractivity contribution in [2.45, 2.75) is 32.7 Å². The highest BCUT2D eigenvalue weighted by Gasteiger charge is 2.09. The minimum atomic E-state index is -0.184. The molecule has 1 atom stereocenters. The molecule has 0 saturated heterocycles. The van der Waals surface area contributed by atoms with Crippen molar-refractivity contribution in [3.05, 3.63) is 28.8 Å². The highest BCUT2D eigenvalue weighted by Crippen LogP contribution is 2.24. The minimum Gasteiger partial charge on any atom is -0.482 e. The number of carbonyl (C=O) groups excluding carboxylic acids is 2. The number of nitrogens with one attached hydrogen (secondary N) is 1. The Hall–Kier alpha value is -1.55. The summed E-state index contributed by atoms with van der Waals surface area (Å²) in [7, 11) is 0. The van der Waals surface area contributed by atoms with E-state index in [0.717, 1.165) is 12.8 Å². The lowest BCUT2D eigenvalue weighted by Gasteiger charge is -2.13. The third kappa shape index (κ3) is 5.30. The number of ether oxygens (including phenoxy) is 1. The molecule has 0 spiro atoms. The number of carbonyl (C=O) groups is 2. The van der Waals surface area contributed by atoms with Crippen LogP contribution >= 0.6 is 11.6 Å². The van der Waals surface area contributed by atoms with E-state index in [1.807, 2.05) is 6.92 Å². The Balaban J connectivity index is 2.48. The number of hydrogen-bond acceptors (Lipinski definition) is 3. The predicted molar refractivity (Wildman–Crippen MR) is 74.8 cm³/mol. The summed E-state index contributed by atoms with van der Waals surface area (Å²) in [5.74, 6) is 0.210. The van der Waals surface area contributed by atoms with Crippen molar-refractivity contribution in [1.82, 2.24) is 5.32 Å². The molecule has 1 N–H and O–H groups in total. The quantitative estimate of drug-likeness (QED) is 0.783. The van der Waals surface area contributed by atoms with Crippen molar-refractivity contribution in [3.8, 4) is 5.75 Å². The normalized spacial score (nSPS) is 11.7. The standard InChI is InChI=1S/C14H18ClNO3/c1-3-4-10(2)16-14(18)9-19-13-6-5-11(8-17)7-12(13)15/h5-8,10H,3-4,9H2,1-2H3,(H,16,18). The second-order valence-electron chi connectivity index (χ2n) is 4.35. The van der Waals surface area contributed by atoms with Gasteiger partial charge in [0.1, 0.15) is 12.0 Å². The fraction of sp³-hybridized carbons (Fsp3) is 0.429. The molecule has 0 aliphatic carbocycles. The number of hydrogen-bond donors (Lipinski definition) is 1. The van der Waals surface area contributed by atoms with Crippen LogP contribution in [0, 0.1) is 0 Å². The lowest BCUT2D eigenvalue weighted by Crippen LogP contribution is -2.35. The van der Waals surface area contributed by atoms with E-state index in [1.54, 1.807) is 12.1 Å². The Morgan fingerprint density at radius 3 is 2.84 bits per heavy atom. The van der Waals surface area contributed by atoms with E-state index < -0.39 is 0 Å². The van der Waals surface area contributed by atoms with Gasteiger partial charge in [-0.2, -0.15) is 0 Å². The van der Waals surface area contributed by atoms with Gasteiger partial charge in [0.15, 0.2) is 6.61 Å². The fourth-order valence-electron chi connectivity index (χ4n) is 1.67. The van der Waals surface area contributed by atoms with Gasteiger partial charge in [-0.1, -0.05) is 24.9 Å². The number of aldehydes is 1. The van der Waals surface area contributed by atoms with Crippen molar-refractivity contribution in [2.24, 2.45) is 0 Å². The molecule has 1 unspecified atom stereocenters. The molecule has 0 saturated carbocycles. The van der Waals surface area contributed by atoms with Crippen molar-refractivity contribution in [1.29, 1.82) is 0 Å². The molecule has 1 aromatic rings. The Kier molecular flexibility index (Phi) is 6.36. The number of halogens is 1. The van der Waals surface area contributed by atoms with Gasteiger partial charge in [-0.05, 0) is 31.5 Å². The van der Waals surface area contributed by atoms with Gasteiger partial charge in [-0.25, -0.2) is 0 Å². The maximum absolute atomic E-state index is 11.6. The molecule has 5 heteroatoms. The molecular formula is C14H18ClNO3. The van der Waals surface area contributed by atoms with Crippen LogP contribution in [-0.4, -0.2) is 24.8 Å². The van der Waals surface area contributed by atoms with Gasteiger partial charge in [-0.15, -0.1) is 0 Å². The van der Waals surface area contributed by atoms with Crippen LogP contribution < -0.4 is 10.1 Å². The molecule has 104 valence electrons. The topological polar surface area (TPSA) is 55.4 Å². The number of amides is 1. The molecule has 0 radical (unpaired) electrons. The van der Waals surface area contributed by atoms with Gasteiger partial charge < -0.3 is 10.1 Å². The van der Waals surface area contributed by atoms with E-state index in [0.29, 0.717) is 22.6 Å². The first-order valence-corrected chi connectivity index (χ1v) is 6.61. The molecule has 0 aliphatic heterocycles.